The average molecular weight is 346 g/mol. The lowest BCUT2D eigenvalue weighted by Gasteiger charge is -2.35. The summed E-state index contributed by atoms with van der Waals surface area (Å²) in [6, 6.07) is 2.20. The lowest BCUT2D eigenvalue weighted by Crippen LogP contribution is -2.44. The van der Waals surface area contributed by atoms with Crippen molar-refractivity contribution in [2.24, 2.45) is 0 Å². The van der Waals surface area contributed by atoms with Gasteiger partial charge in [-0.3, -0.25) is 9.69 Å². The first-order valence-corrected chi connectivity index (χ1v) is 9.39. The van der Waals surface area contributed by atoms with Gasteiger partial charge in [-0.05, 0) is 52.2 Å². The van der Waals surface area contributed by atoms with Crippen molar-refractivity contribution in [3.05, 3.63) is 35.0 Å². The maximum absolute atomic E-state index is 12.6. The molecule has 0 amide bonds. The van der Waals surface area contributed by atoms with Gasteiger partial charge < -0.3 is 9.64 Å². The lowest BCUT2D eigenvalue weighted by molar-refractivity contribution is 0.0593. The molecule has 3 heterocycles. The number of anilines is 1. The Balaban J connectivity index is 1.66. The number of likely N-dealkylation sites (tertiary alicyclic amines) is 1. The Morgan fingerprint density at radius 3 is 2.92 bits per heavy atom. The van der Waals surface area contributed by atoms with Crippen molar-refractivity contribution >= 4 is 5.69 Å². The van der Waals surface area contributed by atoms with Gasteiger partial charge in [-0.15, -0.1) is 0 Å². The van der Waals surface area contributed by atoms with Gasteiger partial charge in [0, 0.05) is 32.2 Å². The number of ether oxygens (including phenoxy) is 1. The maximum atomic E-state index is 12.6. The van der Waals surface area contributed by atoms with E-state index in [1.54, 1.807) is 10.7 Å². The standard InChI is InChI=1S/C19H30N4O2/c1-15(2)21(3)17-11-19(24)23(20-12-17)16-7-6-9-22(13-16)14-18-8-4-5-10-25-18/h5,10-12,15-16,18H,4,6-9,13-14H2,1-3H3. The minimum Gasteiger partial charge on any atom is -0.497 e. The molecule has 0 N–H and O–H groups in total. The van der Waals surface area contributed by atoms with E-state index in [1.165, 1.54) is 0 Å². The molecule has 1 saturated heterocycles. The number of hydrogen-bond donors (Lipinski definition) is 0. The van der Waals surface area contributed by atoms with Crippen LogP contribution in [0.5, 0.6) is 0 Å². The highest BCUT2D eigenvalue weighted by atomic mass is 16.5. The predicted octanol–water partition coefficient (Wildman–Crippen LogP) is 2.42. The fourth-order valence-electron chi connectivity index (χ4n) is 3.58. The molecule has 2 unspecified atom stereocenters. The van der Waals surface area contributed by atoms with Crippen LogP contribution in [0.2, 0.25) is 0 Å². The van der Waals surface area contributed by atoms with Gasteiger partial charge in [0.2, 0.25) is 0 Å². The Hall–Kier alpha value is -1.82. The van der Waals surface area contributed by atoms with E-state index in [0.717, 1.165) is 51.0 Å². The van der Waals surface area contributed by atoms with Crippen LogP contribution < -0.4 is 10.5 Å². The van der Waals surface area contributed by atoms with E-state index in [1.807, 2.05) is 19.5 Å². The molecule has 25 heavy (non-hydrogen) atoms. The van der Waals surface area contributed by atoms with Crippen molar-refractivity contribution in [3.8, 4) is 0 Å². The molecule has 1 aromatic rings. The molecule has 0 saturated carbocycles. The van der Waals surface area contributed by atoms with Crippen LogP contribution in [0.3, 0.4) is 0 Å². The molecule has 6 heteroatoms. The summed E-state index contributed by atoms with van der Waals surface area (Å²) >= 11 is 0. The molecule has 1 aromatic heterocycles. The predicted molar refractivity (Wildman–Crippen MR) is 100.0 cm³/mol. The molecule has 138 valence electrons. The average Bonchev–Trinajstić information content (AvgIpc) is 2.62. The van der Waals surface area contributed by atoms with Crippen LogP contribution in [0.25, 0.3) is 0 Å². The Bertz CT molecular complexity index is 655. The van der Waals surface area contributed by atoms with Crippen LogP contribution in [0.15, 0.2) is 29.4 Å². The summed E-state index contributed by atoms with van der Waals surface area (Å²) in [6.45, 7) is 7.09. The van der Waals surface area contributed by atoms with Gasteiger partial charge in [0.15, 0.2) is 0 Å². The molecular formula is C19H30N4O2. The fraction of sp³-hybridized carbons (Fsp3) is 0.684. The van der Waals surface area contributed by atoms with Crippen molar-refractivity contribution < 1.29 is 4.74 Å². The van der Waals surface area contributed by atoms with Crippen LogP contribution in [0.1, 0.15) is 45.6 Å². The molecule has 3 rings (SSSR count). The zero-order valence-corrected chi connectivity index (χ0v) is 15.6. The summed E-state index contributed by atoms with van der Waals surface area (Å²) < 4.78 is 7.37. The van der Waals surface area contributed by atoms with Crippen molar-refractivity contribution in [2.75, 3.05) is 31.6 Å². The SMILES string of the molecule is CC(C)N(C)c1cnn(C2CCCN(CC3CCC=CO3)C2)c(=O)c1. The second kappa shape index (κ2) is 8.04. The van der Waals surface area contributed by atoms with Gasteiger partial charge in [-0.2, -0.15) is 5.10 Å². The quantitative estimate of drug-likeness (QED) is 0.819. The lowest BCUT2D eigenvalue weighted by atomic mass is 10.0. The molecule has 0 aromatic carbocycles. The number of rotatable bonds is 5. The summed E-state index contributed by atoms with van der Waals surface area (Å²) in [5.74, 6) is 0. The molecule has 2 aliphatic rings. The molecule has 0 aliphatic carbocycles. The van der Waals surface area contributed by atoms with E-state index in [0.29, 0.717) is 6.04 Å². The molecular weight excluding hydrogens is 316 g/mol. The fourth-order valence-corrected chi connectivity index (χ4v) is 3.58. The monoisotopic (exact) mass is 346 g/mol. The Morgan fingerprint density at radius 2 is 2.24 bits per heavy atom. The molecule has 0 bridgehead atoms. The third-order valence-electron chi connectivity index (χ3n) is 5.30. The molecule has 2 atom stereocenters. The first kappa shape index (κ1) is 18.0. The molecule has 2 aliphatic heterocycles. The van der Waals surface area contributed by atoms with Crippen molar-refractivity contribution in [3.63, 3.8) is 0 Å². The molecule has 0 radical (unpaired) electrons. The number of piperidine rings is 1. The zero-order valence-electron chi connectivity index (χ0n) is 15.6. The van der Waals surface area contributed by atoms with Gasteiger partial charge in [0.05, 0.1) is 24.2 Å². The molecule has 0 spiro atoms. The van der Waals surface area contributed by atoms with E-state index in [4.69, 9.17) is 4.74 Å². The van der Waals surface area contributed by atoms with E-state index in [2.05, 4.69) is 34.8 Å². The van der Waals surface area contributed by atoms with E-state index in [9.17, 15) is 4.79 Å². The molecule has 6 nitrogen and oxygen atoms in total. The third-order valence-corrected chi connectivity index (χ3v) is 5.30. The summed E-state index contributed by atoms with van der Waals surface area (Å²) in [4.78, 5) is 17.1. The second-order valence-electron chi connectivity index (χ2n) is 7.46. The van der Waals surface area contributed by atoms with Gasteiger partial charge in [-0.1, -0.05) is 0 Å². The normalized spacial score (nSPS) is 24.3. The highest BCUT2D eigenvalue weighted by Gasteiger charge is 2.25. The van der Waals surface area contributed by atoms with Gasteiger partial charge in [0.1, 0.15) is 6.10 Å². The smallest absolute Gasteiger partial charge is 0.269 e. The van der Waals surface area contributed by atoms with Crippen molar-refractivity contribution in [1.29, 1.82) is 0 Å². The first-order chi connectivity index (χ1) is 12.0. The van der Waals surface area contributed by atoms with E-state index in [-0.39, 0.29) is 17.7 Å². The zero-order chi connectivity index (χ0) is 17.8. The van der Waals surface area contributed by atoms with Gasteiger partial charge in [0.25, 0.3) is 5.56 Å². The summed E-state index contributed by atoms with van der Waals surface area (Å²) in [6.07, 6.45) is 10.3. The summed E-state index contributed by atoms with van der Waals surface area (Å²) in [7, 11) is 1.99. The minimum atomic E-state index is -0.00583. The van der Waals surface area contributed by atoms with Crippen molar-refractivity contribution in [2.45, 2.75) is 57.7 Å². The van der Waals surface area contributed by atoms with Crippen LogP contribution in [0, 0.1) is 0 Å². The topological polar surface area (TPSA) is 50.6 Å². The highest BCUT2D eigenvalue weighted by Crippen LogP contribution is 2.22. The Kier molecular flexibility index (Phi) is 5.78. The Morgan fingerprint density at radius 1 is 1.40 bits per heavy atom. The number of hydrogen-bond acceptors (Lipinski definition) is 5. The van der Waals surface area contributed by atoms with Crippen LogP contribution >= 0.6 is 0 Å². The van der Waals surface area contributed by atoms with E-state index < -0.39 is 0 Å². The summed E-state index contributed by atoms with van der Waals surface area (Å²) in [5, 5.41) is 4.48. The van der Waals surface area contributed by atoms with Crippen molar-refractivity contribution in [1.82, 2.24) is 14.7 Å². The molecule has 1 fully saturated rings. The number of nitrogens with zero attached hydrogens (tertiary/aromatic N) is 4. The highest BCUT2D eigenvalue weighted by molar-refractivity contribution is 5.42. The second-order valence-corrected chi connectivity index (χ2v) is 7.46. The van der Waals surface area contributed by atoms with Crippen LogP contribution in [-0.2, 0) is 4.74 Å². The third kappa shape index (κ3) is 4.42. The van der Waals surface area contributed by atoms with Gasteiger partial charge >= 0.3 is 0 Å². The Labute approximate surface area is 150 Å². The largest absolute Gasteiger partial charge is 0.497 e. The van der Waals surface area contributed by atoms with Crippen LogP contribution in [-0.4, -0.2) is 53.5 Å². The van der Waals surface area contributed by atoms with E-state index >= 15 is 0 Å². The van der Waals surface area contributed by atoms with Gasteiger partial charge in [-0.25, -0.2) is 4.68 Å². The summed E-state index contributed by atoms with van der Waals surface area (Å²) in [5.41, 5.74) is 0.875. The number of allylic oxidation sites excluding steroid dienone is 1. The maximum Gasteiger partial charge on any atom is 0.269 e. The minimum absolute atomic E-state index is 0.00583. The number of aromatic nitrogens is 2. The van der Waals surface area contributed by atoms with Crippen LogP contribution in [0.4, 0.5) is 5.69 Å². The first-order valence-electron chi connectivity index (χ1n) is 9.39.